The topological polar surface area (TPSA) is 37.8 Å². The number of aromatic amines is 1. The summed E-state index contributed by atoms with van der Waals surface area (Å²) in [7, 11) is 1.76. The van der Waals surface area contributed by atoms with E-state index in [2.05, 4.69) is 5.10 Å². The summed E-state index contributed by atoms with van der Waals surface area (Å²) in [5.41, 5.74) is -0.252. The molecule has 0 atom stereocenters. The van der Waals surface area contributed by atoms with Crippen molar-refractivity contribution in [3.63, 3.8) is 0 Å². The molecular weight excluding hydrogens is 232 g/mol. The number of aromatic nitrogens is 2. The zero-order valence-corrected chi connectivity index (χ0v) is 9.60. The maximum atomic E-state index is 11.2. The fourth-order valence-electron chi connectivity index (χ4n) is 1.21. The maximum Gasteiger partial charge on any atom is 0.284 e. The van der Waals surface area contributed by atoms with Crippen molar-refractivity contribution in [2.24, 2.45) is 7.05 Å². The van der Waals surface area contributed by atoms with Gasteiger partial charge in [-0.3, -0.25) is 14.6 Å². The van der Waals surface area contributed by atoms with Gasteiger partial charge in [-0.15, -0.1) is 0 Å². The maximum absolute atomic E-state index is 11.2. The molecule has 5 heteroatoms. The second kappa shape index (κ2) is 4.16. The van der Waals surface area contributed by atoms with Crippen LogP contribution in [0.15, 0.2) is 45.0 Å². The van der Waals surface area contributed by atoms with Gasteiger partial charge in [-0.25, -0.2) is 0 Å². The van der Waals surface area contributed by atoms with E-state index in [1.54, 1.807) is 11.7 Å². The lowest BCUT2D eigenvalue weighted by atomic mass is 10.4. The summed E-state index contributed by atoms with van der Waals surface area (Å²) in [4.78, 5) is 12.3. The van der Waals surface area contributed by atoms with Crippen LogP contribution in [0.3, 0.4) is 0 Å². The van der Waals surface area contributed by atoms with Crippen LogP contribution in [0.25, 0.3) is 0 Å². The van der Waals surface area contributed by atoms with Crippen LogP contribution in [0.1, 0.15) is 0 Å². The lowest BCUT2D eigenvalue weighted by molar-refractivity contribution is 0.692. The van der Waals surface area contributed by atoms with Crippen molar-refractivity contribution in [3.05, 3.63) is 45.7 Å². The van der Waals surface area contributed by atoms with Gasteiger partial charge in [0.1, 0.15) is 10.0 Å². The molecule has 2 aromatic rings. The summed E-state index contributed by atoms with van der Waals surface area (Å²) in [5.74, 6) is 0. The van der Waals surface area contributed by atoms with Gasteiger partial charge in [0.25, 0.3) is 5.56 Å². The van der Waals surface area contributed by atoms with Gasteiger partial charge in [0.15, 0.2) is 0 Å². The van der Waals surface area contributed by atoms with E-state index in [9.17, 15) is 4.79 Å². The van der Waals surface area contributed by atoms with E-state index in [1.807, 2.05) is 30.3 Å². The lowest BCUT2D eigenvalue weighted by Crippen LogP contribution is -2.01. The Labute approximate surface area is 96.0 Å². The highest BCUT2D eigenvalue weighted by molar-refractivity contribution is 7.99. The van der Waals surface area contributed by atoms with Crippen molar-refractivity contribution in [3.8, 4) is 0 Å². The number of H-pyrrole nitrogens is 1. The molecule has 1 heterocycles. The van der Waals surface area contributed by atoms with Crippen molar-refractivity contribution >= 4 is 23.4 Å². The first kappa shape index (κ1) is 10.4. The molecule has 3 nitrogen and oxygen atoms in total. The number of aryl methyl sites for hydroxylation is 1. The van der Waals surface area contributed by atoms with Gasteiger partial charge < -0.3 is 0 Å². The standard InChI is InChI=1S/C10H9ClN2OS/c1-13-10(8(11)9(14)12-13)15-7-5-3-2-4-6-7/h2-6H,1H3,(H,12,14). The minimum absolute atomic E-state index is 0.242. The van der Waals surface area contributed by atoms with Crippen LogP contribution in [-0.4, -0.2) is 9.78 Å². The highest BCUT2D eigenvalue weighted by Gasteiger charge is 2.11. The van der Waals surface area contributed by atoms with Crippen molar-refractivity contribution < 1.29 is 0 Å². The molecule has 0 amide bonds. The molecule has 15 heavy (non-hydrogen) atoms. The van der Waals surface area contributed by atoms with Crippen LogP contribution in [-0.2, 0) is 7.05 Å². The molecule has 1 aromatic heterocycles. The van der Waals surface area contributed by atoms with E-state index in [4.69, 9.17) is 11.6 Å². The molecule has 0 radical (unpaired) electrons. The second-order valence-electron chi connectivity index (χ2n) is 3.03. The zero-order chi connectivity index (χ0) is 10.8. The van der Waals surface area contributed by atoms with Crippen molar-refractivity contribution in [2.45, 2.75) is 9.92 Å². The Morgan fingerprint density at radius 2 is 2.00 bits per heavy atom. The van der Waals surface area contributed by atoms with Gasteiger partial charge >= 0.3 is 0 Å². The molecule has 1 N–H and O–H groups in total. The molecule has 78 valence electrons. The summed E-state index contributed by atoms with van der Waals surface area (Å²) in [6, 6.07) is 9.78. The quantitative estimate of drug-likeness (QED) is 0.876. The van der Waals surface area contributed by atoms with E-state index in [1.165, 1.54) is 11.8 Å². The van der Waals surface area contributed by atoms with Crippen LogP contribution in [0, 0.1) is 0 Å². The highest BCUT2D eigenvalue weighted by Crippen LogP contribution is 2.30. The molecule has 0 aliphatic carbocycles. The molecule has 0 unspecified atom stereocenters. The Hall–Kier alpha value is -1.13. The molecule has 0 spiro atoms. The number of halogens is 1. The lowest BCUT2D eigenvalue weighted by Gasteiger charge is -2.02. The van der Waals surface area contributed by atoms with Crippen LogP contribution in [0.2, 0.25) is 5.02 Å². The van der Waals surface area contributed by atoms with Gasteiger partial charge in [-0.2, -0.15) is 0 Å². The van der Waals surface area contributed by atoms with Gasteiger partial charge in [-0.1, -0.05) is 41.6 Å². The molecule has 2 rings (SSSR count). The number of rotatable bonds is 2. The van der Waals surface area contributed by atoms with Crippen molar-refractivity contribution in [2.75, 3.05) is 0 Å². The minimum atomic E-state index is -0.252. The Bertz CT molecular complexity index is 518. The number of benzene rings is 1. The van der Waals surface area contributed by atoms with E-state index in [-0.39, 0.29) is 10.6 Å². The molecule has 1 aromatic carbocycles. The normalized spacial score (nSPS) is 10.5. The van der Waals surface area contributed by atoms with Gasteiger partial charge in [0.2, 0.25) is 0 Å². The first-order chi connectivity index (χ1) is 7.18. The molecule has 0 aliphatic heterocycles. The Morgan fingerprint density at radius 1 is 1.33 bits per heavy atom. The SMILES string of the molecule is Cn1[nH]c(=O)c(Cl)c1Sc1ccccc1. The number of nitrogens with zero attached hydrogens (tertiary/aromatic N) is 1. The Kier molecular flexibility index (Phi) is 2.88. The predicted molar refractivity (Wildman–Crippen MR) is 61.6 cm³/mol. The monoisotopic (exact) mass is 240 g/mol. The minimum Gasteiger partial charge on any atom is -0.280 e. The second-order valence-corrected chi connectivity index (χ2v) is 4.47. The third-order valence-corrected chi connectivity index (χ3v) is 3.56. The number of hydrogen-bond acceptors (Lipinski definition) is 2. The molecule has 0 saturated carbocycles. The van der Waals surface area contributed by atoms with Crippen LogP contribution >= 0.6 is 23.4 Å². The Balaban J connectivity index is 2.36. The summed E-state index contributed by atoms with van der Waals surface area (Å²) in [6.45, 7) is 0. The van der Waals surface area contributed by atoms with E-state index in [0.717, 1.165) is 9.92 Å². The fourth-order valence-corrected chi connectivity index (χ4v) is 2.38. The first-order valence-electron chi connectivity index (χ1n) is 4.36. The third kappa shape index (κ3) is 2.11. The van der Waals surface area contributed by atoms with E-state index < -0.39 is 0 Å². The smallest absolute Gasteiger partial charge is 0.280 e. The van der Waals surface area contributed by atoms with Gasteiger partial charge in [0, 0.05) is 11.9 Å². The Morgan fingerprint density at radius 3 is 2.53 bits per heavy atom. The third-order valence-electron chi connectivity index (χ3n) is 1.92. The van der Waals surface area contributed by atoms with E-state index in [0.29, 0.717) is 0 Å². The predicted octanol–water partition coefficient (Wildman–Crippen LogP) is 2.52. The number of hydrogen-bond donors (Lipinski definition) is 1. The van der Waals surface area contributed by atoms with Crippen molar-refractivity contribution in [1.82, 2.24) is 9.78 Å². The molecule has 0 fully saturated rings. The van der Waals surface area contributed by atoms with Crippen LogP contribution in [0.5, 0.6) is 0 Å². The zero-order valence-electron chi connectivity index (χ0n) is 8.03. The van der Waals surface area contributed by atoms with Crippen LogP contribution < -0.4 is 5.56 Å². The summed E-state index contributed by atoms with van der Waals surface area (Å²) in [5, 5.41) is 3.58. The molecule has 0 bridgehead atoms. The van der Waals surface area contributed by atoms with Gasteiger partial charge in [0.05, 0.1) is 0 Å². The first-order valence-corrected chi connectivity index (χ1v) is 5.55. The molecular formula is C10H9ClN2OS. The van der Waals surface area contributed by atoms with E-state index >= 15 is 0 Å². The summed E-state index contributed by atoms with van der Waals surface area (Å²) >= 11 is 7.34. The van der Waals surface area contributed by atoms with Crippen molar-refractivity contribution in [1.29, 1.82) is 0 Å². The fraction of sp³-hybridized carbons (Fsp3) is 0.100. The summed E-state index contributed by atoms with van der Waals surface area (Å²) in [6.07, 6.45) is 0. The van der Waals surface area contributed by atoms with Crippen LogP contribution in [0.4, 0.5) is 0 Å². The largest absolute Gasteiger partial charge is 0.284 e. The molecule has 0 aliphatic rings. The average molecular weight is 241 g/mol. The van der Waals surface area contributed by atoms with Gasteiger partial charge in [-0.05, 0) is 12.1 Å². The summed E-state index contributed by atoms with van der Waals surface area (Å²) < 4.78 is 1.63. The number of nitrogens with one attached hydrogen (secondary N) is 1. The molecule has 0 saturated heterocycles. The average Bonchev–Trinajstić information content (AvgIpc) is 2.47. The highest BCUT2D eigenvalue weighted by atomic mass is 35.5.